The second-order valence-electron chi connectivity index (χ2n) is 3.72. The van der Waals surface area contributed by atoms with Gasteiger partial charge in [-0.1, -0.05) is 0 Å². The fourth-order valence-corrected chi connectivity index (χ4v) is 2.83. The van der Waals surface area contributed by atoms with E-state index in [9.17, 15) is 0 Å². The van der Waals surface area contributed by atoms with Gasteiger partial charge in [0.15, 0.2) is 5.13 Å². The molecular weight excluding hydrogens is 196 g/mol. The van der Waals surface area contributed by atoms with Crippen molar-refractivity contribution in [3.05, 3.63) is 11.1 Å². The van der Waals surface area contributed by atoms with Crippen molar-refractivity contribution >= 4 is 16.5 Å². The molecule has 3 nitrogen and oxygen atoms in total. The monoisotopic (exact) mass is 212 g/mol. The highest BCUT2D eigenvalue weighted by Crippen LogP contribution is 2.28. The van der Waals surface area contributed by atoms with Crippen molar-refractivity contribution < 1.29 is 4.74 Å². The van der Waals surface area contributed by atoms with Gasteiger partial charge in [-0.15, -0.1) is 11.3 Å². The average Bonchev–Trinajstić information content (AvgIpc) is 2.74. The predicted octanol–water partition coefficient (Wildman–Crippen LogP) is 2.07. The molecule has 2 rings (SSSR count). The molecule has 0 unspecified atom stereocenters. The van der Waals surface area contributed by atoms with E-state index in [0.717, 1.165) is 24.0 Å². The molecule has 78 valence electrons. The Morgan fingerprint density at radius 1 is 1.71 bits per heavy atom. The minimum Gasteiger partial charge on any atom is -0.383 e. The number of hydrogen-bond donors (Lipinski definition) is 0. The Morgan fingerprint density at radius 2 is 2.57 bits per heavy atom. The van der Waals surface area contributed by atoms with E-state index in [1.165, 1.54) is 12.8 Å². The maximum Gasteiger partial charge on any atom is 0.185 e. The highest BCUT2D eigenvalue weighted by atomic mass is 32.1. The van der Waals surface area contributed by atoms with Crippen molar-refractivity contribution in [2.45, 2.75) is 25.8 Å². The smallest absolute Gasteiger partial charge is 0.185 e. The first-order chi connectivity index (χ1) is 6.81. The molecule has 1 aromatic heterocycles. The molecule has 1 aliphatic rings. The van der Waals surface area contributed by atoms with Crippen LogP contribution in [0.25, 0.3) is 0 Å². The third-order valence-electron chi connectivity index (χ3n) is 2.59. The lowest BCUT2D eigenvalue weighted by Gasteiger charge is -2.22. The molecule has 0 aromatic carbocycles. The number of aryl methyl sites for hydroxylation is 1. The number of aromatic nitrogens is 1. The van der Waals surface area contributed by atoms with Crippen LogP contribution in [0.4, 0.5) is 5.13 Å². The van der Waals surface area contributed by atoms with Crippen LogP contribution >= 0.6 is 11.3 Å². The molecule has 1 fully saturated rings. The van der Waals surface area contributed by atoms with E-state index in [2.05, 4.69) is 15.3 Å². The van der Waals surface area contributed by atoms with Crippen molar-refractivity contribution in [3.63, 3.8) is 0 Å². The summed E-state index contributed by atoms with van der Waals surface area (Å²) in [7, 11) is 1.77. The molecule has 0 aliphatic carbocycles. The molecule has 0 N–H and O–H groups in total. The van der Waals surface area contributed by atoms with E-state index in [4.69, 9.17) is 4.74 Å². The summed E-state index contributed by atoms with van der Waals surface area (Å²) in [5.74, 6) is 0. The van der Waals surface area contributed by atoms with Gasteiger partial charge in [0.25, 0.3) is 0 Å². The molecule has 0 spiro atoms. The van der Waals surface area contributed by atoms with Gasteiger partial charge in [-0.05, 0) is 19.8 Å². The molecule has 0 radical (unpaired) electrons. The van der Waals surface area contributed by atoms with Crippen LogP contribution in [0.3, 0.4) is 0 Å². The van der Waals surface area contributed by atoms with E-state index < -0.39 is 0 Å². The molecule has 0 amide bonds. The lowest BCUT2D eigenvalue weighted by atomic mass is 10.2. The predicted molar refractivity (Wildman–Crippen MR) is 59.1 cm³/mol. The van der Waals surface area contributed by atoms with E-state index in [0.29, 0.717) is 6.04 Å². The van der Waals surface area contributed by atoms with Crippen LogP contribution in [-0.2, 0) is 4.74 Å². The largest absolute Gasteiger partial charge is 0.383 e. The Kier molecular flexibility index (Phi) is 3.03. The first kappa shape index (κ1) is 9.93. The Labute approximate surface area is 88.7 Å². The summed E-state index contributed by atoms with van der Waals surface area (Å²) in [5.41, 5.74) is 1.12. The van der Waals surface area contributed by atoms with Crippen molar-refractivity contribution in [1.82, 2.24) is 4.98 Å². The fourth-order valence-electron chi connectivity index (χ4n) is 1.93. The Hall–Kier alpha value is -0.610. The van der Waals surface area contributed by atoms with Gasteiger partial charge in [-0.25, -0.2) is 4.98 Å². The Morgan fingerprint density at radius 3 is 3.21 bits per heavy atom. The molecule has 1 saturated heterocycles. The number of anilines is 1. The van der Waals surface area contributed by atoms with Gasteiger partial charge in [0, 0.05) is 19.0 Å². The number of ether oxygens (including phenoxy) is 1. The lowest BCUT2D eigenvalue weighted by molar-refractivity contribution is 0.181. The van der Waals surface area contributed by atoms with Crippen molar-refractivity contribution in [3.8, 4) is 0 Å². The molecule has 14 heavy (non-hydrogen) atoms. The molecule has 1 aliphatic heterocycles. The quantitative estimate of drug-likeness (QED) is 0.767. The summed E-state index contributed by atoms with van der Waals surface area (Å²) < 4.78 is 5.22. The van der Waals surface area contributed by atoms with E-state index >= 15 is 0 Å². The van der Waals surface area contributed by atoms with Crippen LogP contribution in [0.1, 0.15) is 18.5 Å². The minimum atomic E-state index is 0.533. The van der Waals surface area contributed by atoms with Crippen LogP contribution in [0.5, 0.6) is 0 Å². The molecule has 2 heterocycles. The van der Waals surface area contributed by atoms with Crippen molar-refractivity contribution in [2.24, 2.45) is 0 Å². The minimum absolute atomic E-state index is 0.533. The Bertz CT molecular complexity index is 300. The van der Waals surface area contributed by atoms with E-state index in [1.54, 1.807) is 18.4 Å². The lowest BCUT2D eigenvalue weighted by Crippen LogP contribution is -2.32. The molecule has 1 atom stereocenters. The highest BCUT2D eigenvalue weighted by molar-refractivity contribution is 7.13. The van der Waals surface area contributed by atoms with Gasteiger partial charge in [-0.3, -0.25) is 0 Å². The van der Waals surface area contributed by atoms with E-state index in [1.807, 2.05) is 6.92 Å². The first-order valence-electron chi connectivity index (χ1n) is 4.99. The number of rotatable bonds is 3. The topological polar surface area (TPSA) is 25.4 Å². The summed E-state index contributed by atoms with van der Waals surface area (Å²) >= 11 is 1.74. The molecule has 0 bridgehead atoms. The normalized spacial score (nSPS) is 21.9. The zero-order valence-corrected chi connectivity index (χ0v) is 9.51. The van der Waals surface area contributed by atoms with Crippen molar-refractivity contribution in [1.29, 1.82) is 0 Å². The van der Waals surface area contributed by atoms with Gasteiger partial charge in [-0.2, -0.15) is 0 Å². The van der Waals surface area contributed by atoms with Gasteiger partial charge >= 0.3 is 0 Å². The Balaban J connectivity index is 2.09. The van der Waals surface area contributed by atoms with Gasteiger partial charge < -0.3 is 9.64 Å². The number of thiazole rings is 1. The average molecular weight is 212 g/mol. The molecular formula is C10H16N2OS. The SMILES string of the molecule is COC[C@@H]1CCCN1c1nc(C)cs1. The standard InChI is InChI=1S/C10H16N2OS/c1-8-7-14-10(11-8)12-5-3-4-9(12)6-13-2/h7,9H,3-6H2,1-2H3/t9-/m0/s1. The van der Waals surface area contributed by atoms with Gasteiger partial charge in [0.2, 0.25) is 0 Å². The van der Waals surface area contributed by atoms with Crippen LogP contribution in [0.15, 0.2) is 5.38 Å². The zero-order valence-electron chi connectivity index (χ0n) is 8.69. The summed E-state index contributed by atoms with van der Waals surface area (Å²) in [5, 5.41) is 3.26. The second kappa shape index (κ2) is 4.28. The number of nitrogens with zero attached hydrogens (tertiary/aromatic N) is 2. The third kappa shape index (κ3) is 1.91. The van der Waals surface area contributed by atoms with Crippen molar-refractivity contribution in [2.75, 3.05) is 25.2 Å². The summed E-state index contributed by atoms with van der Waals surface area (Å²) in [6.45, 7) is 3.99. The summed E-state index contributed by atoms with van der Waals surface area (Å²) in [6, 6.07) is 0.533. The maximum atomic E-state index is 5.22. The molecule has 1 aromatic rings. The van der Waals surface area contributed by atoms with Gasteiger partial charge in [0.1, 0.15) is 0 Å². The third-order valence-corrected chi connectivity index (χ3v) is 3.58. The zero-order chi connectivity index (χ0) is 9.97. The molecule has 4 heteroatoms. The van der Waals surface area contributed by atoms with Crippen LogP contribution < -0.4 is 4.90 Å². The van der Waals surface area contributed by atoms with Gasteiger partial charge in [0.05, 0.1) is 18.3 Å². The summed E-state index contributed by atoms with van der Waals surface area (Å²) in [4.78, 5) is 6.89. The second-order valence-corrected chi connectivity index (χ2v) is 4.55. The van der Waals surface area contributed by atoms with E-state index in [-0.39, 0.29) is 0 Å². The van der Waals surface area contributed by atoms with Crippen LogP contribution in [-0.4, -0.2) is 31.3 Å². The number of methoxy groups -OCH3 is 1. The maximum absolute atomic E-state index is 5.22. The van der Waals surface area contributed by atoms with Crippen LogP contribution in [0, 0.1) is 6.92 Å². The summed E-state index contributed by atoms with van der Waals surface area (Å²) in [6.07, 6.45) is 2.49. The first-order valence-corrected chi connectivity index (χ1v) is 5.87. The number of hydrogen-bond acceptors (Lipinski definition) is 4. The highest BCUT2D eigenvalue weighted by Gasteiger charge is 2.26. The van der Waals surface area contributed by atoms with Crippen LogP contribution in [0.2, 0.25) is 0 Å². The molecule has 0 saturated carbocycles. The fraction of sp³-hybridized carbons (Fsp3) is 0.700.